The van der Waals surface area contributed by atoms with E-state index in [1.54, 1.807) is 24.0 Å². The van der Waals surface area contributed by atoms with E-state index >= 15 is 0 Å². The van der Waals surface area contributed by atoms with E-state index in [2.05, 4.69) is 15.1 Å². The number of rotatable bonds is 4. The van der Waals surface area contributed by atoms with E-state index in [0.29, 0.717) is 0 Å². The van der Waals surface area contributed by atoms with Gasteiger partial charge < -0.3 is 5.11 Å². The maximum atomic E-state index is 11.3. The van der Waals surface area contributed by atoms with Crippen molar-refractivity contribution in [1.29, 1.82) is 0 Å². The third-order valence-corrected chi connectivity index (χ3v) is 3.66. The zero-order valence-corrected chi connectivity index (χ0v) is 13.4. The van der Waals surface area contributed by atoms with Crippen LogP contribution in [0.25, 0.3) is 23.2 Å². The molecule has 0 aliphatic heterocycles. The van der Waals surface area contributed by atoms with Gasteiger partial charge in [-0.25, -0.2) is 14.8 Å². The van der Waals surface area contributed by atoms with E-state index in [1.165, 1.54) is 6.08 Å². The van der Waals surface area contributed by atoms with Gasteiger partial charge in [-0.05, 0) is 24.6 Å². The first-order valence-corrected chi connectivity index (χ1v) is 7.22. The molecule has 0 saturated carbocycles. The molecule has 0 unspecified atom stereocenters. The van der Waals surface area contributed by atoms with E-state index in [1.807, 2.05) is 13.0 Å². The second kappa shape index (κ2) is 6.11. The van der Waals surface area contributed by atoms with Gasteiger partial charge in [-0.3, -0.25) is 14.8 Å². The smallest absolute Gasteiger partial charge is 0.338 e. The maximum Gasteiger partial charge on any atom is 0.338 e. The summed E-state index contributed by atoms with van der Waals surface area (Å²) in [5.41, 5.74) is 1.83. The number of carboxylic acids is 1. The third kappa shape index (κ3) is 3.07. The summed E-state index contributed by atoms with van der Waals surface area (Å²) in [6, 6.07) is 2.87. The molecule has 9 heteroatoms. The first-order chi connectivity index (χ1) is 11.9. The van der Waals surface area contributed by atoms with Gasteiger partial charge in [-0.2, -0.15) is 5.10 Å². The number of nitrogens with zero attached hydrogens (tertiary/aromatic N) is 5. The Morgan fingerprint density at radius 3 is 2.72 bits per heavy atom. The van der Waals surface area contributed by atoms with E-state index in [9.17, 15) is 20.0 Å². The van der Waals surface area contributed by atoms with E-state index in [4.69, 9.17) is 0 Å². The van der Waals surface area contributed by atoms with Crippen LogP contribution in [0.5, 0.6) is 0 Å². The molecule has 0 amide bonds. The standard InChI is InChI=1S/C16H13N5O4/c1-9-12-5-10(7-18-15(12)20(2)19-9)3-4-14-13(16(22)23)6-11(8-17-14)21(24)25/h3-8H,1-2H3,(H,22,23). The number of carboxylic acid groups (broad SMARTS) is 1. The van der Waals surface area contributed by atoms with Crippen molar-refractivity contribution in [2.75, 3.05) is 0 Å². The molecular formula is C16H13N5O4. The van der Waals surface area contributed by atoms with Crippen molar-refractivity contribution < 1.29 is 14.8 Å². The summed E-state index contributed by atoms with van der Waals surface area (Å²) in [6.45, 7) is 1.87. The van der Waals surface area contributed by atoms with Crippen LogP contribution in [0.4, 0.5) is 5.69 Å². The van der Waals surface area contributed by atoms with E-state index in [-0.39, 0.29) is 16.9 Å². The van der Waals surface area contributed by atoms with Gasteiger partial charge in [0.25, 0.3) is 5.69 Å². The average Bonchev–Trinajstić information content (AvgIpc) is 2.86. The number of aromatic carboxylic acids is 1. The highest BCUT2D eigenvalue weighted by atomic mass is 16.6. The molecule has 0 aliphatic carbocycles. The summed E-state index contributed by atoms with van der Waals surface area (Å²) in [5, 5.41) is 25.2. The first-order valence-electron chi connectivity index (χ1n) is 7.22. The molecule has 0 aliphatic rings. The normalized spacial score (nSPS) is 11.3. The molecule has 25 heavy (non-hydrogen) atoms. The maximum absolute atomic E-state index is 11.3. The van der Waals surface area contributed by atoms with Crippen LogP contribution in [0.15, 0.2) is 24.5 Å². The molecule has 0 saturated heterocycles. The highest BCUT2D eigenvalue weighted by molar-refractivity contribution is 5.93. The number of fused-ring (bicyclic) bond motifs is 1. The number of hydrogen-bond acceptors (Lipinski definition) is 6. The predicted octanol–water partition coefficient (Wildman–Crippen LogP) is 2.45. The first kappa shape index (κ1) is 16.2. The summed E-state index contributed by atoms with van der Waals surface area (Å²) in [7, 11) is 1.80. The van der Waals surface area contributed by atoms with Crippen molar-refractivity contribution in [3.8, 4) is 0 Å². The quantitative estimate of drug-likeness (QED) is 0.571. The zero-order chi connectivity index (χ0) is 18.1. The van der Waals surface area contributed by atoms with Crippen molar-refractivity contribution in [3.05, 3.63) is 57.2 Å². The molecule has 3 aromatic rings. The lowest BCUT2D eigenvalue weighted by Crippen LogP contribution is -2.03. The third-order valence-electron chi connectivity index (χ3n) is 3.66. The number of hydrogen-bond donors (Lipinski definition) is 1. The van der Waals surface area contributed by atoms with Gasteiger partial charge in [-0.1, -0.05) is 6.08 Å². The molecule has 0 spiro atoms. The molecule has 126 valence electrons. The van der Waals surface area contributed by atoms with Gasteiger partial charge in [0.15, 0.2) is 5.65 Å². The van der Waals surface area contributed by atoms with Crippen LogP contribution in [-0.2, 0) is 7.05 Å². The molecule has 3 heterocycles. The van der Waals surface area contributed by atoms with Gasteiger partial charge in [-0.15, -0.1) is 0 Å². The van der Waals surface area contributed by atoms with Crippen LogP contribution >= 0.6 is 0 Å². The number of aromatic nitrogens is 4. The molecular weight excluding hydrogens is 326 g/mol. The van der Waals surface area contributed by atoms with Crippen LogP contribution in [-0.4, -0.2) is 35.7 Å². The Labute approximate surface area is 141 Å². The van der Waals surface area contributed by atoms with Crippen molar-refractivity contribution in [1.82, 2.24) is 19.7 Å². The fraction of sp³-hybridized carbons (Fsp3) is 0.125. The summed E-state index contributed by atoms with van der Waals surface area (Å²) in [5.74, 6) is -1.28. The lowest BCUT2D eigenvalue weighted by atomic mass is 10.1. The van der Waals surface area contributed by atoms with Gasteiger partial charge in [0.2, 0.25) is 0 Å². The summed E-state index contributed by atoms with van der Waals surface area (Å²) >= 11 is 0. The minimum absolute atomic E-state index is 0.126. The second-order valence-electron chi connectivity index (χ2n) is 5.37. The van der Waals surface area contributed by atoms with Crippen LogP contribution in [0.3, 0.4) is 0 Å². The molecule has 9 nitrogen and oxygen atoms in total. The molecule has 0 fully saturated rings. The van der Waals surface area contributed by atoms with Gasteiger partial charge in [0, 0.05) is 24.7 Å². The highest BCUT2D eigenvalue weighted by Crippen LogP contribution is 2.20. The Morgan fingerprint density at radius 2 is 2.04 bits per heavy atom. The van der Waals surface area contributed by atoms with Gasteiger partial charge in [0.05, 0.1) is 21.9 Å². The summed E-state index contributed by atoms with van der Waals surface area (Å²) < 4.78 is 1.68. The number of pyridine rings is 2. The lowest BCUT2D eigenvalue weighted by Gasteiger charge is -2.01. The predicted molar refractivity (Wildman–Crippen MR) is 90.0 cm³/mol. The lowest BCUT2D eigenvalue weighted by molar-refractivity contribution is -0.385. The van der Waals surface area contributed by atoms with Crippen LogP contribution in [0.2, 0.25) is 0 Å². The number of aryl methyl sites for hydroxylation is 2. The largest absolute Gasteiger partial charge is 0.478 e. The second-order valence-corrected chi connectivity index (χ2v) is 5.37. The topological polar surface area (TPSA) is 124 Å². The Kier molecular flexibility index (Phi) is 3.97. The molecule has 0 radical (unpaired) electrons. The molecule has 3 rings (SSSR count). The van der Waals surface area contributed by atoms with Gasteiger partial charge in [0.1, 0.15) is 6.20 Å². The minimum Gasteiger partial charge on any atom is -0.478 e. The molecule has 1 N–H and O–H groups in total. The van der Waals surface area contributed by atoms with Crippen molar-refractivity contribution >= 4 is 34.8 Å². The molecule has 0 bridgehead atoms. The van der Waals surface area contributed by atoms with E-state index < -0.39 is 10.9 Å². The van der Waals surface area contributed by atoms with Crippen molar-refractivity contribution in [2.45, 2.75) is 6.92 Å². The zero-order valence-electron chi connectivity index (χ0n) is 13.4. The monoisotopic (exact) mass is 339 g/mol. The molecule has 0 atom stereocenters. The fourth-order valence-electron chi connectivity index (χ4n) is 2.46. The highest BCUT2D eigenvalue weighted by Gasteiger charge is 2.16. The van der Waals surface area contributed by atoms with Gasteiger partial charge >= 0.3 is 5.97 Å². The number of nitro groups is 1. The summed E-state index contributed by atoms with van der Waals surface area (Å²) in [6.07, 6.45) is 5.80. The van der Waals surface area contributed by atoms with Crippen LogP contribution < -0.4 is 0 Å². The Morgan fingerprint density at radius 1 is 1.28 bits per heavy atom. The Bertz CT molecular complexity index is 1040. The molecule has 3 aromatic heterocycles. The number of carbonyl (C=O) groups is 1. The van der Waals surface area contributed by atoms with Crippen molar-refractivity contribution in [3.63, 3.8) is 0 Å². The van der Waals surface area contributed by atoms with Crippen LogP contribution in [0, 0.1) is 17.0 Å². The average molecular weight is 339 g/mol. The molecule has 0 aromatic carbocycles. The van der Waals surface area contributed by atoms with Crippen molar-refractivity contribution in [2.24, 2.45) is 7.05 Å². The minimum atomic E-state index is -1.28. The summed E-state index contributed by atoms with van der Waals surface area (Å²) in [4.78, 5) is 29.6. The Hall–Kier alpha value is -3.62. The SMILES string of the molecule is Cc1nn(C)c2ncc(C=Cc3ncc([N+](=O)[O-])cc3C(=O)O)cc12. The van der Waals surface area contributed by atoms with E-state index in [0.717, 1.165) is 34.6 Å². The van der Waals surface area contributed by atoms with Crippen LogP contribution in [0.1, 0.15) is 27.3 Å². The Balaban J connectivity index is 2.00. The fourth-order valence-corrected chi connectivity index (χ4v) is 2.46.